The zero-order chi connectivity index (χ0) is 13.9. The highest BCUT2D eigenvalue weighted by atomic mass is 79.9. The summed E-state index contributed by atoms with van der Waals surface area (Å²) in [4.78, 5) is 2.67. The number of likely N-dealkylation sites (tertiary alicyclic amines) is 1. The molecule has 1 aromatic heterocycles. The van der Waals surface area contributed by atoms with Crippen molar-refractivity contribution in [2.24, 2.45) is 0 Å². The van der Waals surface area contributed by atoms with Crippen LogP contribution in [0, 0.1) is 0 Å². The summed E-state index contributed by atoms with van der Waals surface area (Å²) in [5, 5.41) is 7.99. The summed E-state index contributed by atoms with van der Waals surface area (Å²) in [5.74, 6) is 0. The summed E-state index contributed by atoms with van der Waals surface area (Å²) >= 11 is 5.46. The maximum absolute atomic E-state index is 3.69. The molecule has 1 aromatic rings. The molecule has 0 amide bonds. The Morgan fingerprint density at radius 2 is 1.84 bits per heavy atom. The molecular formula is C15H25BrN2S. The number of nitrogens with one attached hydrogen (secondary N) is 1. The Morgan fingerprint density at radius 3 is 2.32 bits per heavy atom. The first-order chi connectivity index (χ1) is 9.07. The highest BCUT2D eigenvalue weighted by molar-refractivity contribution is 9.10. The summed E-state index contributed by atoms with van der Waals surface area (Å²) in [5.41, 5.74) is 1.53. The molecule has 0 radical (unpaired) electrons. The van der Waals surface area contributed by atoms with E-state index in [9.17, 15) is 0 Å². The van der Waals surface area contributed by atoms with Crippen LogP contribution in [0.1, 0.15) is 51.1 Å². The molecule has 1 N–H and O–H groups in total. The van der Waals surface area contributed by atoms with Crippen LogP contribution in [0.4, 0.5) is 0 Å². The second-order valence-corrected chi connectivity index (χ2v) is 7.55. The van der Waals surface area contributed by atoms with Crippen LogP contribution in [-0.2, 0) is 0 Å². The van der Waals surface area contributed by atoms with Crippen molar-refractivity contribution >= 4 is 27.3 Å². The lowest BCUT2D eigenvalue weighted by Crippen LogP contribution is -2.52. The van der Waals surface area contributed by atoms with Crippen molar-refractivity contribution in [3.8, 4) is 0 Å². The first-order valence-corrected chi connectivity index (χ1v) is 8.95. The molecule has 0 saturated carbocycles. The van der Waals surface area contributed by atoms with Gasteiger partial charge in [-0.05, 0) is 73.7 Å². The minimum atomic E-state index is 0.142. The molecule has 2 nitrogen and oxygen atoms in total. The molecule has 1 fully saturated rings. The summed E-state index contributed by atoms with van der Waals surface area (Å²) in [6.45, 7) is 7.22. The fourth-order valence-electron chi connectivity index (χ4n) is 3.22. The molecule has 1 unspecified atom stereocenters. The van der Waals surface area contributed by atoms with Gasteiger partial charge in [0.15, 0.2) is 0 Å². The second-order valence-electron chi connectivity index (χ2n) is 5.95. The SMILES string of the molecule is CNC(c1cscc1Br)C(C)(C)N1CCCCCC1. The van der Waals surface area contributed by atoms with Crippen molar-refractivity contribution in [2.45, 2.75) is 51.1 Å². The minimum absolute atomic E-state index is 0.142. The van der Waals surface area contributed by atoms with Crippen molar-refractivity contribution in [2.75, 3.05) is 20.1 Å². The summed E-state index contributed by atoms with van der Waals surface area (Å²) in [6.07, 6.45) is 5.45. The second kappa shape index (κ2) is 6.70. The molecule has 1 aliphatic heterocycles. The summed E-state index contributed by atoms with van der Waals surface area (Å²) < 4.78 is 1.24. The van der Waals surface area contributed by atoms with E-state index in [0.29, 0.717) is 6.04 Å². The van der Waals surface area contributed by atoms with Crippen LogP contribution in [-0.4, -0.2) is 30.6 Å². The molecule has 0 aliphatic carbocycles. The van der Waals surface area contributed by atoms with Crippen LogP contribution >= 0.6 is 27.3 Å². The van der Waals surface area contributed by atoms with E-state index in [4.69, 9.17) is 0 Å². The topological polar surface area (TPSA) is 15.3 Å². The van der Waals surface area contributed by atoms with Crippen molar-refractivity contribution in [1.82, 2.24) is 10.2 Å². The normalized spacial score (nSPS) is 20.2. The molecule has 19 heavy (non-hydrogen) atoms. The Balaban J connectivity index is 2.22. The van der Waals surface area contributed by atoms with Gasteiger partial charge in [0.25, 0.3) is 0 Å². The number of thiophene rings is 1. The van der Waals surface area contributed by atoms with E-state index in [1.165, 1.54) is 48.8 Å². The van der Waals surface area contributed by atoms with Crippen LogP contribution in [0.15, 0.2) is 15.2 Å². The van der Waals surface area contributed by atoms with E-state index in [1.54, 1.807) is 11.3 Å². The molecule has 0 aromatic carbocycles. The first kappa shape index (κ1) is 15.5. The van der Waals surface area contributed by atoms with E-state index >= 15 is 0 Å². The molecular weight excluding hydrogens is 320 g/mol. The van der Waals surface area contributed by atoms with Gasteiger partial charge in [-0.25, -0.2) is 0 Å². The predicted molar refractivity (Wildman–Crippen MR) is 87.9 cm³/mol. The van der Waals surface area contributed by atoms with Crippen molar-refractivity contribution < 1.29 is 0 Å². The number of likely N-dealkylation sites (N-methyl/N-ethyl adjacent to an activating group) is 1. The van der Waals surface area contributed by atoms with E-state index in [1.807, 2.05) is 0 Å². The van der Waals surface area contributed by atoms with Gasteiger partial charge in [-0.2, -0.15) is 11.3 Å². The van der Waals surface area contributed by atoms with E-state index < -0.39 is 0 Å². The molecule has 0 spiro atoms. The maximum Gasteiger partial charge on any atom is 0.0518 e. The fraction of sp³-hybridized carbons (Fsp3) is 0.733. The number of hydrogen-bond acceptors (Lipinski definition) is 3. The first-order valence-electron chi connectivity index (χ1n) is 7.21. The van der Waals surface area contributed by atoms with E-state index in [2.05, 4.69) is 57.8 Å². The van der Waals surface area contributed by atoms with Gasteiger partial charge in [0, 0.05) is 15.4 Å². The molecule has 0 bridgehead atoms. The van der Waals surface area contributed by atoms with Crippen LogP contribution in [0.25, 0.3) is 0 Å². The quantitative estimate of drug-likeness (QED) is 0.869. The third-order valence-corrected chi connectivity index (χ3v) is 6.12. The van der Waals surface area contributed by atoms with Gasteiger partial charge < -0.3 is 5.32 Å². The zero-order valence-corrected chi connectivity index (χ0v) is 14.6. The maximum atomic E-state index is 3.69. The van der Waals surface area contributed by atoms with Gasteiger partial charge in [0.05, 0.1) is 6.04 Å². The number of nitrogens with zero attached hydrogens (tertiary/aromatic N) is 1. The average molecular weight is 345 g/mol. The molecule has 4 heteroatoms. The average Bonchev–Trinajstić information content (AvgIpc) is 2.66. The molecule has 1 aliphatic rings. The molecule has 108 valence electrons. The van der Waals surface area contributed by atoms with E-state index in [-0.39, 0.29) is 5.54 Å². The standard InChI is InChI=1S/C15H25BrN2S/c1-15(2,18-8-6-4-5-7-9-18)14(17-3)12-10-19-11-13(12)16/h10-11,14,17H,4-9H2,1-3H3. The largest absolute Gasteiger partial charge is 0.311 e. The lowest BCUT2D eigenvalue weighted by Gasteiger charge is -2.44. The number of rotatable bonds is 4. The van der Waals surface area contributed by atoms with E-state index in [0.717, 1.165) is 0 Å². The molecule has 1 saturated heterocycles. The monoisotopic (exact) mass is 344 g/mol. The van der Waals surface area contributed by atoms with Crippen LogP contribution in [0.5, 0.6) is 0 Å². The van der Waals surface area contributed by atoms with Crippen molar-refractivity contribution in [3.63, 3.8) is 0 Å². The smallest absolute Gasteiger partial charge is 0.0518 e. The Labute approximate surface area is 129 Å². The summed E-state index contributed by atoms with van der Waals surface area (Å²) in [6, 6.07) is 0.367. The molecule has 2 heterocycles. The van der Waals surface area contributed by atoms with Gasteiger partial charge in [-0.1, -0.05) is 12.8 Å². The highest BCUT2D eigenvalue weighted by Gasteiger charge is 2.36. The molecule has 1 atom stereocenters. The van der Waals surface area contributed by atoms with Crippen LogP contribution in [0.2, 0.25) is 0 Å². The molecule has 2 rings (SSSR count). The lowest BCUT2D eigenvalue weighted by atomic mass is 9.88. The van der Waals surface area contributed by atoms with Gasteiger partial charge in [-0.15, -0.1) is 0 Å². The fourth-order valence-corrected chi connectivity index (χ4v) is 4.77. The Kier molecular flexibility index (Phi) is 5.46. The zero-order valence-electron chi connectivity index (χ0n) is 12.2. The Hall–Kier alpha value is 0.1000. The Bertz CT molecular complexity index is 395. The minimum Gasteiger partial charge on any atom is -0.311 e. The summed E-state index contributed by atoms with van der Waals surface area (Å²) in [7, 11) is 2.08. The third kappa shape index (κ3) is 3.41. The lowest BCUT2D eigenvalue weighted by molar-refractivity contribution is 0.0863. The van der Waals surface area contributed by atoms with Crippen molar-refractivity contribution in [3.05, 3.63) is 20.8 Å². The van der Waals surface area contributed by atoms with Crippen molar-refractivity contribution in [1.29, 1.82) is 0 Å². The van der Waals surface area contributed by atoms with Gasteiger partial charge in [0.1, 0.15) is 0 Å². The predicted octanol–water partition coefficient (Wildman–Crippen LogP) is 4.43. The number of hydrogen-bond donors (Lipinski definition) is 1. The van der Waals surface area contributed by atoms with Gasteiger partial charge >= 0.3 is 0 Å². The van der Waals surface area contributed by atoms with Crippen LogP contribution < -0.4 is 5.32 Å². The third-order valence-electron chi connectivity index (χ3n) is 4.37. The Morgan fingerprint density at radius 1 is 1.21 bits per heavy atom. The number of halogens is 1. The highest BCUT2D eigenvalue weighted by Crippen LogP contribution is 2.37. The van der Waals surface area contributed by atoms with Gasteiger partial charge in [0.2, 0.25) is 0 Å². The van der Waals surface area contributed by atoms with Crippen LogP contribution in [0.3, 0.4) is 0 Å². The van der Waals surface area contributed by atoms with Gasteiger partial charge in [-0.3, -0.25) is 4.90 Å².